The van der Waals surface area contributed by atoms with Gasteiger partial charge < -0.3 is 11.1 Å². The number of nitrogens with zero attached hydrogens (tertiary/aromatic N) is 1. The summed E-state index contributed by atoms with van der Waals surface area (Å²) in [6, 6.07) is 9.58. The summed E-state index contributed by atoms with van der Waals surface area (Å²) < 4.78 is 1.95. The largest absolute Gasteiger partial charge is 0.389 e. The summed E-state index contributed by atoms with van der Waals surface area (Å²) in [4.78, 5) is 4.78. The number of halogens is 2. The van der Waals surface area contributed by atoms with Gasteiger partial charge in [0.25, 0.3) is 0 Å². The number of nitrogens with one attached hydrogen (secondary N) is 1. The van der Waals surface area contributed by atoms with Gasteiger partial charge in [0.05, 0.1) is 5.69 Å². The molecule has 1 aromatic carbocycles. The molecule has 3 nitrogen and oxygen atoms in total. The van der Waals surface area contributed by atoms with E-state index < -0.39 is 0 Å². The maximum atomic E-state index is 5.66. The van der Waals surface area contributed by atoms with Gasteiger partial charge in [0, 0.05) is 20.2 Å². The lowest BCUT2D eigenvalue weighted by Gasteiger charge is -2.10. The van der Waals surface area contributed by atoms with Crippen LogP contribution >= 0.6 is 44.1 Å². The van der Waals surface area contributed by atoms with Gasteiger partial charge in [-0.3, -0.25) is 0 Å². The van der Waals surface area contributed by atoms with Gasteiger partial charge in [0.2, 0.25) is 0 Å². The van der Waals surface area contributed by atoms with Gasteiger partial charge in [-0.05, 0) is 53.2 Å². The van der Waals surface area contributed by atoms with E-state index in [1.165, 1.54) is 0 Å². The molecule has 98 valence electrons. The van der Waals surface area contributed by atoms with E-state index in [1.54, 1.807) is 0 Å². The number of benzene rings is 1. The van der Waals surface area contributed by atoms with Crippen LogP contribution in [-0.4, -0.2) is 9.97 Å². The molecular formula is C13H11Br2N3S. The SMILES string of the molecule is Cc1cc(C(N)=S)cc(Nc2ccc(Br)cc2Br)n1. The van der Waals surface area contributed by atoms with Gasteiger partial charge >= 0.3 is 0 Å². The highest BCUT2D eigenvalue weighted by molar-refractivity contribution is 9.11. The predicted octanol–water partition coefficient (Wildman–Crippen LogP) is 4.29. The van der Waals surface area contributed by atoms with E-state index in [2.05, 4.69) is 42.2 Å². The molecule has 0 aliphatic rings. The van der Waals surface area contributed by atoms with Gasteiger partial charge in [0.1, 0.15) is 10.8 Å². The van der Waals surface area contributed by atoms with Crippen LogP contribution in [0.15, 0.2) is 39.3 Å². The molecule has 0 unspecified atom stereocenters. The second-order valence-corrected chi connectivity index (χ2v) is 6.21. The van der Waals surface area contributed by atoms with Crippen molar-refractivity contribution in [1.82, 2.24) is 4.98 Å². The van der Waals surface area contributed by atoms with Gasteiger partial charge in [-0.2, -0.15) is 0 Å². The number of aryl methyl sites for hydroxylation is 1. The van der Waals surface area contributed by atoms with Crippen LogP contribution in [-0.2, 0) is 0 Å². The Kier molecular flexibility index (Phi) is 4.54. The van der Waals surface area contributed by atoms with Crippen LogP contribution in [0.1, 0.15) is 11.3 Å². The van der Waals surface area contributed by atoms with Crippen LogP contribution in [0.3, 0.4) is 0 Å². The molecule has 0 fully saturated rings. The third-order valence-corrected chi connectivity index (χ3v) is 3.82. The number of thiocarbonyl (C=S) groups is 1. The average Bonchev–Trinajstić information content (AvgIpc) is 2.32. The molecule has 1 heterocycles. The first-order valence-corrected chi connectivity index (χ1v) is 7.45. The number of aromatic nitrogens is 1. The molecule has 0 bridgehead atoms. The molecular weight excluding hydrogens is 390 g/mol. The lowest BCUT2D eigenvalue weighted by atomic mass is 10.2. The predicted molar refractivity (Wildman–Crippen MR) is 90.0 cm³/mol. The van der Waals surface area contributed by atoms with Crippen molar-refractivity contribution in [3.05, 3.63) is 50.5 Å². The van der Waals surface area contributed by atoms with Crippen LogP contribution < -0.4 is 11.1 Å². The summed E-state index contributed by atoms with van der Waals surface area (Å²) >= 11 is 11.9. The minimum atomic E-state index is 0.364. The van der Waals surface area contributed by atoms with Gasteiger partial charge in [-0.1, -0.05) is 28.1 Å². The fraction of sp³-hybridized carbons (Fsp3) is 0.0769. The van der Waals surface area contributed by atoms with E-state index in [0.717, 1.165) is 25.9 Å². The molecule has 0 atom stereocenters. The molecule has 2 aromatic rings. The Balaban J connectivity index is 2.35. The first-order chi connectivity index (χ1) is 8.95. The normalized spacial score (nSPS) is 10.3. The lowest BCUT2D eigenvalue weighted by molar-refractivity contribution is 1.19. The lowest BCUT2D eigenvalue weighted by Crippen LogP contribution is -2.10. The molecule has 0 radical (unpaired) electrons. The van der Waals surface area contributed by atoms with Crippen LogP contribution in [0.5, 0.6) is 0 Å². The van der Waals surface area contributed by atoms with Crippen molar-refractivity contribution in [3.63, 3.8) is 0 Å². The quantitative estimate of drug-likeness (QED) is 0.754. The summed E-state index contributed by atoms with van der Waals surface area (Å²) in [6.45, 7) is 1.91. The monoisotopic (exact) mass is 399 g/mol. The highest BCUT2D eigenvalue weighted by atomic mass is 79.9. The van der Waals surface area contributed by atoms with Gasteiger partial charge in [0.15, 0.2) is 0 Å². The van der Waals surface area contributed by atoms with Crippen molar-refractivity contribution >= 4 is 60.6 Å². The molecule has 2 rings (SSSR count). The zero-order chi connectivity index (χ0) is 14.0. The molecule has 0 saturated carbocycles. The first-order valence-electron chi connectivity index (χ1n) is 5.46. The Labute approximate surface area is 133 Å². The summed E-state index contributed by atoms with van der Waals surface area (Å²) in [5.41, 5.74) is 8.25. The highest BCUT2D eigenvalue weighted by Gasteiger charge is 2.05. The van der Waals surface area contributed by atoms with Gasteiger partial charge in [-0.15, -0.1) is 0 Å². The van der Waals surface area contributed by atoms with Gasteiger partial charge in [-0.25, -0.2) is 4.98 Å². The third-order valence-electron chi connectivity index (χ3n) is 2.43. The standard InChI is InChI=1S/C13H11Br2N3S/c1-7-4-8(13(16)19)5-12(17-7)18-11-3-2-9(14)6-10(11)15/h2-6H,1H3,(H2,16,19)(H,17,18). The van der Waals surface area contributed by atoms with Crippen molar-refractivity contribution in [2.75, 3.05) is 5.32 Å². The minimum Gasteiger partial charge on any atom is -0.389 e. The second-order valence-electron chi connectivity index (χ2n) is 4.00. The topological polar surface area (TPSA) is 50.9 Å². The number of pyridine rings is 1. The van der Waals surface area contributed by atoms with Crippen molar-refractivity contribution in [3.8, 4) is 0 Å². The van der Waals surface area contributed by atoms with Crippen molar-refractivity contribution in [1.29, 1.82) is 0 Å². The maximum absolute atomic E-state index is 5.66. The highest BCUT2D eigenvalue weighted by Crippen LogP contribution is 2.28. The number of hydrogen-bond donors (Lipinski definition) is 2. The molecule has 0 amide bonds. The van der Waals surface area contributed by atoms with Crippen molar-refractivity contribution in [2.24, 2.45) is 5.73 Å². The molecule has 0 saturated heterocycles. The Hall–Kier alpha value is -0.980. The molecule has 0 spiro atoms. The Morgan fingerprint density at radius 2 is 2.00 bits per heavy atom. The minimum absolute atomic E-state index is 0.364. The van der Waals surface area contributed by atoms with Crippen LogP contribution in [0.2, 0.25) is 0 Å². The van der Waals surface area contributed by atoms with E-state index in [0.29, 0.717) is 10.8 Å². The average molecular weight is 401 g/mol. The van der Waals surface area contributed by atoms with Crippen molar-refractivity contribution < 1.29 is 0 Å². The molecule has 1 aromatic heterocycles. The summed E-state index contributed by atoms with van der Waals surface area (Å²) in [6.07, 6.45) is 0. The number of hydrogen-bond acceptors (Lipinski definition) is 3. The van der Waals surface area contributed by atoms with Crippen molar-refractivity contribution in [2.45, 2.75) is 6.92 Å². The summed E-state index contributed by atoms with van der Waals surface area (Å²) in [7, 11) is 0. The van der Waals surface area contributed by atoms with E-state index in [9.17, 15) is 0 Å². The molecule has 0 aliphatic heterocycles. The Bertz CT molecular complexity index is 644. The van der Waals surface area contributed by atoms with Crippen LogP contribution in [0.4, 0.5) is 11.5 Å². The number of nitrogens with two attached hydrogens (primary N) is 1. The maximum Gasteiger partial charge on any atom is 0.131 e. The fourth-order valence-electron chi connectivity index (χ4n) is 1.60. The number of rotatable bonds is 3. The molecule has 6 heteroatoms. The first kappa shape index (κ1) is 14.4. The van der Waals surface area contributed by atoms with Crippen LogP contribution in [0.25, 0.3) is 0 Å². The van der Waals surface area contributed by atoms with E-state index in [4.69, 9.17) is 18.0 Å². The van der Waals surface area contributed by atoms with E-state index in [1.807, 2.05) is 37.3 Å². The Morgan fingerprint density at radius 3 is 2.63 bits per heavy atom. The zero-order valence-corrected chi connectivity index (χ0v) is 14.1. The van der Waals surface area contributed by atoms with E-state index in [-0.39, 0.29) is 0 Å². The molecule has 3 N–H and O–H groups in total. The smallest absolute Gasteiger partial charge is 0.131 e. The zero-order valence-electron chi connectivity index (χ0n) is 10.1. The van der Waals surface area contributed by atoms with E-state index >= 15 is 0 Å². The molecule has 19 heavy (non-hydrogen) atoms. The Morgan fingerprint density at radius 1 is 1.26 bits per heavy atom. The summed E-state index contributed by atoms with van der Waals surface area (Å²) in [5, 5.41) is 3.24. The molecule has 0 aliphatic carbocycles. The van der Waals surface area contributed by atoms with Crippen LogP contribution in [0, 0.1) is 6.92 Å². The fourth-order valence-corrected chi connectivity index (χ4v) is 2.87. The summed E-state index contributed by atoms with van der Waals surface area (Å²) in [5.74, 6) is 0.714. The second kappa shape index (κ2) is 5.98. The number of anilines is 2. The third kappa shape index (κ3) is 3.75.